The molecule has 0 amide bonds. The highest BCUT2D eigenvalue weighted by Crippen LogP contribution is 2.22. The lowest BCUT2D eigenvalue weighted by molar-refractivity contribution is 0.295. The molecule has 2 heteroatoms. The van der Waals surface area contributed by atoms with E-state index in [9.17, 15) is 0 Å². The standard InChI is InChI=1S/C15H16O2/c1-12-7-3-5-9-14(12)17-11-13-8-4-6-10-15(13)16-2/h3-10H,11H2,1-2H3. The molecule has 0 fully saturated rings. The number of benzene rings is 2. The predicted octanol–water partition coefficient (Wildman–Crippen LogP) is 3.58. The maximum Gasteiger partial charge on any atom is 0.125 e. The summed E-state index contributed by atoms with van der Waals surface area (Å²) in [6.45, 7) is 2.56. The van der Waals surface area contributed by atoms with Crippen molar-refractivity contribution < 1.29 is 9.47 Å². The van der Waals surface area contributed by atoms with Gasteiger partial charge in [0.2, 0.25) is 0 Å². The molecule has 0 radical (unpaired) electrons. The van der Waals surface area contributed by atoms with Crippen LogP contribution in [0, 0.1) is 6.92 Å². The van der Waals surface area contributed by atoms with Crippen LogP contribution < -0.4 is 9.47 Å². The van der Waals surface area contributed by atoms with Crippen molar-refractivity contribution in [2.75, 3.05) is 7.11 Å². The summed E-state index contributed by atoms with van der Waals surface area (Å²) in [7, 11) is 1.67. The minimum atomic E-state index is 0.523. The first-order valence-corrected chi connectivity index (χ1v) is 5.61. The second kappa shape index (κ2) is 5.39. The molecule has 0 bridgehead atoms. The molecule has 17 heavy (non-hydrogen) atoms. The van der Waals surface area contributed by atoms with Crippen LogP contribution in [0.25, 0.3) is 0 Å². The highest BCUT2D eigenvalue weighted by atomic mass is 16.5. The lowest BCUT2D eigenvalue weighted by Crippen LogP contribution is -1.99. The van der Waals surface area contributed by atoms with E-state index < -0.39 is 0 Å². The molecule has 0 aromatic heterocycles. The third kappa shape index (κ3) is 2.78. The summed E-state index contributed by atoms with van der Waals surface area (Å²) in [5.41, 5.74) is 2.20. The van der Waals surface area contributed by atoms with Crippen molar-refractivity contribution >= 4 is 0 Å². The largest absolute Gasteiger partial charge is 0.496 e. The molecule has 0 saturated heterocycles. The first-order valence-electron chi connectivity index (χ1n) is 5.61. The van der Waals surface area contributed by atoms with Crippen LogP contribution in [-0.2, 0) is 6.61 Å². The molecule has 0 aliphatic heterocycles. The van der Waals surface area contributed by atoms with Gasteiger partial charge in [-0.05, 0) is 24.6 Å². The van der Waals surface area contributed by atoms with Crippen LogP contribution in [0.15, 0.2) is 48.5 Å². The molecule has 0 atom stereocenters. The molecule has 0 unspecified atom stereocenters. The Labute approximate surface area is 102 Å². The fourth-order valence-corrected chi connectivity index (χ4v) is 1.70. The Morgan fingerprint density at radius 3 is 2.24 bits per heavy atom. The van der Waals surface area contributed by atoms with Crippen LogP contribution in [0.5, 0.6) is 11.5 Å². The summed E-state index contributed by atoms with van der Waals surface area (Å²) in [6, 6.07) is 15.9. The highest BCUT2D eigenvalue weighted by Gasteiger charge is 2.03. The molecule has 2 rings (SSSR count). The molecular formula is C15H16O2. The predicted molar refractivity (Wildman–Crippen MR) is 68.5 cm³/mol. The van der Waals surface area contributed by atoms with Crippen LogP contribution in [0.1, 0.15) is 11.1 Å². The fourth-order valence-electron chi connectivity index (χ4n) is 1.70. The first kappa shape index (κ1) is 11.5. The Morgan fingerprint density at radius 1 is 0.882 bits per heavy atom. The zero-order valence-electron chi connectivity index (χ0n) is 10.1. The Kier molecular flexibility index (Phi) is 3.66. The van der Waals surface area contributed by atoms with E-state index >= 15 is 0 Å². The van der Waals surface area contributed by atoms with E-state index in [1.165, 1.54) is 0 Å². The van der Waals surface area contributed by atoms with E-state index in [0.717, 1.165) is 22.6 Å². The molecule has 0 aliphatic carbocycles. The van der Waals surface area contributed by atoms with Gasteiger partial charge < -0.3 is 9.47 Å². The van der Waals surface area contributed by atoms with Crippen LogP contribution in [0.3, 0.4) is 0 Å². The Hall–Kier alpha value is -1.96. The maximum absolute atomic E-state index is 5.79. The van der Waals surface area contributed by atoms with E-state index in [-0.39, 0.29) is 0 Å². The Balaban J connectivity index is 2.10. The van der Waals surface area contributed by atoms with Gasteiger partial charge in [-0.15, -0.1) is 0 Å². The lowest BCUT2D eigenvalue weighted by atomic mass is 10.2. The van der Waals surface area contributed by atoms with Gasteiger partial charge in [0.05, 0.1) is 7.11 Å². The van der Waals surface area contributed by atoms with Gasteiger partial charge in [0.1, 0.15) is 18.1 Å². The number of aryl methyl sites for hydroxylation is 1. The third-order valence-corrected chi connectivity index (χ3v) is 2.67. The summed E-state index contributed by atoms with van der Waals surface area (Å²) >= 11 is 0. The van der Waals surface area contributed by atoms with Gasteiger partial charge in [-0.1, -0.05) is 36.4 Å². The van der Waals surface area contributed by atoms with Gasteiger partial charge in [0.25, 0.3) is 0 Å². The third-order valence-electron chi connectivity index (χ3n) is 2.67. The monoisotopic (exact) mass is 228 g/mol. The van der Waals surface area contributed by atoms with E-state index in [4.69, 9.17) is 9.47 Å². The van der Waals surface area contributed by atoms with Gasteiger partial charge in [-0.2, -0.15) is 0 Å². The topological polar surface area (TPSA) is 18.5 Å². The number of methoxy groups -OCH3 is 1. The average Bonchev–Trinajstić information content (AvgIpc) is 2.38. The van der Waals surface area contributed by atoms with Crippen molar-refractivity contribution in [3.8, 4) is 11.5 Å². The van der Waals surface area contributed by atoms with Gasteiger partial charge in [0.15, 0.2) is 0 Å². The molecule has 0 saturated carbocycles. The van der Waals surface area contributed by atoms with Crippen LogP contribution >= 0.6 is 0 Å². The molecule has 88 valence electrons. The minimum absolute atomic E-state index is 0.523. The van der Waals surface area contributed by atoms with Crippen LogP contribution in [-0.4, -0.2) is 7.11 Å². The molecular weight excluding hydrogens is 212 g/mol. The zero-order chi connectivity index (χ0) is 12.1. The molecule has 0 spiro atoms. The fraction of sp³-hybridized carbons (Fsp3) is 0.200. The number of hydrogen-bond acceptors (Lipinski definition) is 2. The number of ether oxygens (including phenoxy) is 2. The van der Waals surface area contributed by atoms with Crippen molar-refractivity contribution in [1.82, 2.24) is 0 Å². The van der Waals surface area contributed by atoms with Crippen molar-refractivity contribution in [3.63, 3.8) is 0 Å². The maximum atomic E-state index is 5.79. The molecule has 2 aromatic rings. The van der Waals surface area contributed by atoms with Gasteiger partial charge >= 0.3 is 0 Å². The van der Waals surface area contributed by atoms with Crippen molar-refractivity contribution in [2.24, 2.45) is 0 Å². The smallest absolute Gasteiger partial charge is 0.125 e. The lowest BCUT2D eigenvalue weighted by Gasteiger charge is -2.11. The zero-order valence-corrected chi connectivity index (χ0v) is 10.1. The summed E-state index contributed by atoms with van der Waals surface area (Å²) in [4.78, 5) is 0. The average molecular weight is 228 g/mol. The number of rotatable bonds is 4. The molecule has 2 nitrogen and oxygen atoms in total. The highest BCUT2D eigenvalue weighted by molar-refractivity contribution is 5.35. The van der Waals surface area contributed by atoms with Crippen molar-refractivity contribution in [2.45, 2.75) is 13.5 Å². The van der Waals surface area contributed by atoms with E-state index in [1.807, 2.05) is 55.5 Å². The molecule has 0 N–H and O–H groups in total. The Bertz CT molecular complexity index is 492. The molecule has 0 aliphatic rings. The summed E-state index contributed by atoms with van der Waals surface area (Å²) in [5.74, 6) is 1.78. The van der Waals surface area contributed by atoms with Crippen molar-refractivity contribution in [3.05, 3.63) is 59.7 Å². The number of para-hydroxylation sites is 2. The van der Waals surface area contributed by atoms with Gasteiger partial charge in [0, 0.05) is 5.56 Å². The Morgan fingerprint density at radius 2 is 1.53 bits per heavy atom. The first-order chi connectivity index (χ1) is 8.31. The van der Waals surface area contributed by atoms with Crippen LogP contribution in [0.4, 0.5) is 0 Å². The van der Waals surface area contributed by atoms with Gasteiger partial charge in [-0.3, -0.25) is 0 Å². The van der Waals surface area contributed by atoms with Gasteiger partial charge in [-0.25, -0.2) is 0 Å². The second-order valence-electron chi connectivity index (χ2n) is 3.87. The minimum Gasteiger partial charge on any atom is -0.496 e. The summed E-state index contributed by atoms with van der Waals surface area (Å²) < 4.78 is 11.1. The second-order valence-corrected chi connectivity index (χ2v) is 3.87. The molecule has 2 aromatic carbocycles. The SMILES string of the molecule is COc1ccccc1COc1ccccc1C. The van der Waals surface area contributed by atoms with Crippen molar-refractivity contribution in [1.29, 1.82) is 0 Å². The molecule has 0 heterocycles. The normalized spacial score (nSPS) is 10.0. The summed E-state index contributed by atoms with van der Waals surface area (Å²) in [5, 5.41) is 0. The quantitative estimate of drug-likeness (QED) is 0.796. The number of hydrogen-bond donors (Lipinski definition) is 0. The van der Waals surface area contributed by atoms with E-state index in [2.05, 4.69) is 0 Å². The summed E-state index contributed by atoms with van der Waals surface area (Å²) in [6.07, 6.45) is 0. The van der Waals surface area contributed by atoms with E-state index in [1.54, 1.807) is 7.11 Å². The van der Waals surface area contributed by atoms with Crippen LogP contribution in [0.2, 0.25) is 0 Å². The van der Waals surface area contributed by atoms with E-state index in [0.29, 0.717) is 6.61 Å².